The third-order valence-electron chi connectivity index (χ3n) is 6.75. The van der Waals surface area contributed by atoms with E-state index in [-0.39, 0.29) is 6.10 Å². The molecule has 2 heteroatoms. The topological polar surface area (TPSA) is 23.5 Å². The van der Waals surface area contributed by atoms with Crippen LogP contribution in [0.2, 0.25) is 0 Å². The lowest BCUT2D eigenvalue weighted by Crippen LogP contribution is -2.36. The molecule has 0 spiro atoms. The van der Waals surface area contributed by atoms with Crippen molar-refractivity contribution in [3.05, 3.63) is 70.8 Å². The summed E-state index contributed by atoms with van der Waals surface area (Å²) in [6.07, 6.45) is 11.0. The third kappa shape index (κ3) is 5.46. The maximum Gasteiger partial charge on any atom is 0.0670 e. The number of hydrogen-bond acceptors (Lipinski definition) is 2. The lowest BCUT2D eigenvalue weighted by atomic mass is 9.96. The molecule has 2 aromatic rings. The zero-order valence-corrected chi connectivity index (χ0v) is 17.2. The summed E-state index contributed by atoms with van der Waals surface area (Å²) in [6.45, 7) is 2.82. The highest BCUT2D eigenvalue weighted by Crippen LogP contribution is 2.28. The van der Waals surface area contributed by atoms with Gasteiger partial charge in [-0.15, -0.1) is 0 Å². The molecule has 1 unspecified atom stereocenters. The zero-order valence-electron chi connectivity index (χ0n) is 17.2. The summed E-state index contributed by atoms with van der Waals surface area (Å²) in [4.78, 5) is 2.41. The van der Waals surface area contributed by atoms with Crippen molar-refractivity contribution in [1.82, 2.24) is 4.90 Å². The average Bonchev–Trinajstić information content (AvgIpc) is 3.25. The summed E-state index contributed by atoms with van der Waals surface area (Å²) >= 11 is 0. The number of aryl methyl sites for hydroxylation is 2. The van der Waals surface area contributed by atoms with Crippen LogP contribution in [0.1, 0.15) is 60.8 Å². The number of benzene rings is 2. The molecule has 1 atom stereocenters. The van der Waals surface area contributed by atoms with Crippen LogP contribution < -0.4 is 0 Å². The molecule has 1 fully saturated rings. The number of hydrogen-bond donors (Lipinski definition) is 1. The van der Waals surface area contributed by atoms with Crippen LogP contribution in [-0.4, -0.2) is 29.2 Å². The number of rotatable bonds is 8. The minimum Gasteiger partial charge on any atom is -0.392 e. The van der Waals surface area contributed by atoms with Gasteiger partial charge in [-0.05, 0) is 60.3 Å². The Bertz CT molecular complexity index is 750. The van der Waals surface area contributed by atoms with E-state index < -0.39 is 0 Å². The highest BCUT2D eigenvalue weighted by Gasteiger charge is 2.18. The fourth-order valence-electron chi connectivity index (χ4n) is 5.04. The molecule has 0 bridgehead atoms. The Labute approximate surface area is 170 Å². The first-order valence-corrected chi connectivity index (χ1v) is 11.3. The summed E-state index contributed by atoms with van der Waals surface area (Å²) in [6, 6.07) is 17.8. The van der Waals surface area contributed by atoms with E-state index in [1.165, 1.54) is 60.8 Å². The summed E-state index contributed by atoms with van der Waals surface area (Å²) < 4.78 is 0. The molecule has 28 heavy (non-hydrogen) atoms. The molecule has 2 nitrogen and oxygen atoms in total. The summed E-state index contributed by atoms with van der Waals surface area (Å²) in [5.74, 6) is 0.958. The third-order valence-corrected chi connectivity index (χ3v) is 6.75. The van der Waals surface area contributed by atoms with Gasteiger partial charge >= 0.3 is 0 Å². The van der Waals surface area contributed by atoms with Crippen LogP contribution in [0.3, 0.4) is 0 Å². The second kappa shape index (κ2) is 9.71. The molecule has 0 radical (unpaired) electrons. The van der Waals surface area contributed by atoms with Gasteiger partial charge in [-0.3, -0.25) is 4.90 Å². The van der Waals surface area contributed by atoms with Crippen LogP contribution in [0.15, 0.2) is 48.5 Å². The van der Waals surface area contributed by atoms with Gasteiger partial charge < -0.3 is 5.11 Å². The van der Waals surface area contributed by atoms with E-state index in [1.807, 2.05) is 0 Å². The Balaban J connectivity index is 1.22. The molecule has 2 aliphatic rings. The fourth-order valence-corrected chi connectivity index (χ4v) is 5.04. The molecule has 2 aromatic carbocycles. The Morgan fingerprint density at radius 2 is 1.68 bits per heavy atom. The Morgan fingerprint density at radius 1 is 0.929 bits per heavy atom. The van der Waals surface area contributed by atoms with Crippen molar-refractivity contribution in [2.24, 2.45) is 5.92 Å². The van der Waals surface area contributed by atoms with E-state index in [4.69, 9.17) is 0 Å². The van der Waals surface area contributed by atoms with Crippen molar-refractivity contribution >= 4 is 0 Å². The highest BCUT2D eigenvalue weighted by molar-refractivity contribution is 5.29. The Kier molecular flexibility index (Phi) is 6.82. The van der Waals surface area contributed by atoms with Gasteiger partial charge in [0, 0.05) is 19.6 Å². The lowest BCUT2D eigenvalue weighted by Gasteiger charge is -2.30. The summed E-state index contributed by atoms with van der Waals surface area (Å²) in [5, 5.41) is 10.6. The first kappa shape index (κ1) is 19.7. The number of aliphatic hydroxyl groups is 1. The SMILES string of the molecule is OC(CCc1cccc(CCC2CCCC2)c1)CN1CCc2ccccc2C1. The number of nitrogens with zero attached hydrogens (tertiary/aromatic N) is 1. The predicted octanol–water partition coefficient (Wildman–Crippen LogP) is 5.16. The van der Waals surface area contributed by atoms with E-state index in [9.17, 15) is 5.11 Å². The average molecular weight is 378 g/mol. The van der Waals surface area contributed by atoms with Crippen molar-refractivity contribution in [2.75, 3.05) is 13.1 Å². The van der Waals surface area contributed by atoms with Crippen molar-refractivity contribution in [3.8, 4) is 0 Å². The molecule has 1 aliphatic carbocycles. The molecular formula is C26H35NO. The summed E-state index contributed by atoms with van der Waals surface area (Å²) in [7, 11) is 0. The quantitative estimate of drug-likeness (QED) is 0.687. The largest absolute Gasteiger partial charge is 0.392 e. The first-order valence-electron chi connectivity index (χ1n) is 11.3. The van der Waals surface area contributed by atoms with Crippen LogP contribution in [0.25, 0.3) is 0 Å². The second-order valence-electron chi connectivity index (χ2n) is 8.96. The molecule has 0 aromatic heterocycles. The van der Waals surface area contributed by atoms with Gasteiger partial charge in [-0.1, -0.05) is 74.2 Å². The molecule has 1 saturated carbocycles. The van der Waals surface area contributed by atoms with Crippen molar-refractivity contribution in [1.29, 1.82) is 0 Å². The molecule has 1 heterocycles. The standard InChI is InChI=1S/C26H35NO/c28-26(20-27-17-16-24-10-3-4-11-25(24)19-27)15-14-23-9-5-8-22(18-23)13-12-21-6-1-2-7-21/h3-5,8-11,18,21,26,28H,1-2,6-7,12-17,19-20H2. The maximum atomic E-state index is 10.6. The molecule has 0 saturated heterocycles. The van der Waals surface area contributed by atoms with Crippen LogP contribution in [0.5, 0.6) is 0 Å². The van der Waals surface area contributed by atoms with Crippen LogP contribution in [0, 0.1) is 5.92 Å². The lowest BCUT2D eigenvalue weighted by molar-refractivity contribution is 0.0988. The summed E-state index contributed by atoms with van der Waals surface area (Å²) in [5.41, 5.74) is 5.76. The van der Waals surface area contributed by atoms with Gasteiger partial charge in [-0.2, -0.15) is 0 Å². The van der Waals surface area contributed by atoms with Crippen molar-refractivity contribution in [2.45, 2.75) is 70.4 Å². The predicted molar refractivity (Wildman–Crippen MR) is 116 cm³/mol. The Hall–Kier alpha value is -1.64. The second-order valence-corrected chi connectivity index (χ2v) is 8.96. The minimum atomic E-state index is -0.243. The van der Waals surface area contributed by atoms with Gasteiger partial charge in [0.15, 0.2) is 0 Å². The molecule has 1 N–H and O–H groups in total. The molecular weight excluding hydrogens is 342 g/mol. The first-order chi connectivity index (χ1) is 13.8. The Morgan fingerprint density at radius 3 is 2.50 bits per heavy atom. The van der Waals surface area contributed by atoms with Gasteiger partial charge in [0.25, 0.3) is 0 Å². The van der Waals surface area contributed by atoms with Crippen molar-refractivity contribution < 1.29 is 5.11 Å². The highest BCUT2D eigenvalue weighted by atomic mass is 16.3. The van der Waals surface area contributed by atoms with E-state index in [1.54, 1.807) is 0 Å². The van der Waals surface area contributed by atoms with Gasteiger partial charge in [0.1, 0.15) is 0 Å². The van der Waals surface area contributed by atoms with E-state index >= 15 is 0 Å². The molecule has 0 amide bonds. The maximum absolute atomic E-state index is 10.6. The number of fused-ring (bicyclic) bond motifs is 1. The van der Waals surface area contributed by atoms with Crippen LogP contribution in [-0.2, 0) is 25.8 Å². The fraction of sp³-hybridized carbons (Fsp3) is 0.538. The number of aliphatic hydroxyl groups excluding tert-OH is 1. The molecule has 150 valence electrons. The smallest absolute Gasteiger partial charge is 0.0670 e. The zero-order chi connectivity index (χ0) is 19.2. The molecule has 4 rings (SSSR count). The minimum absolute atomic E-state index is 0.243. The van der Waals surface area contributed by atoms with E-state index in [0.717, 1.165) is 44.8 Å². The van der Waals surface area contributed by atoms with Crippen LogP contribution in [0.4, 0.5) is 0 Å². The van der Waals surface area contributed by atoms with Gasteiger partial charge in [-0.25, -0.2) is 0 Å². The van der Waals surface area contributed by atoms with E-state index in [0.29, 0.717) is 0 Å². The normalized spacial score (nSPS) is 18.9. The number of β-amino-alcohol motifs (C(OH)–C–C–N with tert-alkyl or cyclic N) is 1. The van der Waals surface area contributed by atoms with Crippen molar-refractivity contribution in [3.63, 3.8) is 0 Å². The van der Waals surface area contributed by atoms with Crippen LogP contribution >= 0.6 is 0 Å². The van der Waals surface area contributed by atoms with E-state index in [2.05, 4.69) is 53.4 Å². The monoisotopic (exact) mass is 377 g/mol. The van der Waals surface area contributed by atoms with Gasteiger partial charge in [0.2, 0.25) is 0 Å². The van der Waals surface area contributed by atoms with Gasteiger partial charge in [0.05, 0.1) is 6.10 Å². The molecule has 1 aliphatic heterocycles.